The van der Waals surface area contributed by atoms with Crippen LogP contribution in [-0.2, 0) is 11.8 Å². The molecule has 2 aliphatic heterocycles. The zero-order valence-electron chi connectivity index (χ0n) is 16.3. The van der Waals surface area contributed by atoms with Gasteiger partial charge < -0.3 is 14.4 Å². The summed E-state index contributed by atoms with van der Waals surface area (Å²) in [6.45, 7) is 4.06. The van der Waals surface area contributed by atoms with E-state index in [1.807, 2.05) is 12.4 Å². The predicted octanol–water partition coefficient (Wildman–Crippen LogP) is 3.17. The molecule has 1 aromatic heterocycles. The van der Waals surface area contributed by atoms with Crippen LogP contribution in [0.1, 0.15) is 69.5 Å². The Hall–Kier alpha value is -1.36. The van der Waals surface area contributed by atoms with Crippen molar-refractivity contribution < 1.29 is 4.79 Å². The monoisotopic (exact) mass is 358 g/mol. The fourth-order valence-corrected chi connectivity index (χ4v) is 5.34. The normalized spacial score (nSPS) is 24.9. The molecule has 0 unspecified atom stereocenters. The largest absolute Gasteiger partial charge is 0.342 e. The van der Waals surface area contributed by atoms with Crippen molar-refractivity contribution in [3.8, 4) is 0 Å². The summed E-state index contributed by atoms with van der Waals surface area (Å²) in [6, 6.07) is 0.799. The zero-order valence-corrected chi connectivity index (χ0v) is 16.3. The molecule has 1 saturated carbocycles. The number of hydrogen-bond acceptors (Lipinski definition) is 3. The number of likely N-dealkylation sites (tertiary alicyclic amines) is 2. The molecular formula is C21H34N4O. The van der Waals surface area contributed by atoms with E-state index >= 15 is 0 Å². The van der Waals surface area contributed by atoms with Gasteiger partial charge in [0.05, 0.1) is 0 Å². The van der Waals surface area contributed by atoms with E-state index in [1.54, 1.807) is 0 Å². The van der Waals surface area contributed by atoms with Crippen molar-refractivity contribution in [1.29, 1.82) is 0 Å². The summed E-state index contributed by atoms with van der Waals surface area (Å²) >= 11 is 0. The zero-order chi connectivity index (χ0) is 17.9. The van der Waals surface area contributed by atoms with Crippen LogP contribution in [0.3, 0.4) is 0 Å². The van der Waals surface area contributed by atoms with E-state index in [2.05, 4.69) is 26.4 Å². The first-order valence-corrected chi connectivity index (χ1v) is 10.7. The molecule has 1 aliphatic carbocycles. The lowest BCUT2D eigenvalue weighted by atomic mass is 9.88. The van der Waals surface area contributed by atoms with Crippen LogP contribution in [0.4, 0.5) is 0 Å². The van der Waals surface area contributed by atoms with E-state index < -0.39 is 0 Å². The third-order valence-corrected chi connectivity index (χ3v) is 7.00. The molecule has 4 rings (SSSR count). The molecule has 0 aromatic carbocycles. The highest BCUT2D eigenvalue weighted by atomic mass is 16.2. The minimum Gasteiger partial charge on any atom is -0.342 e. The molecule has 3 fully saturated rings. The third kappa shape index (κ3) is 3.83. The van der Waals surface area contributed by atoms with Crippen molar-refractivity contribution in [1.82, 2.24) is 19.4 Å². The Bertz CT molecular complexity index is 591. The number of imidazole rings is 1. The fourth-order valence-electron chi connectivity index (χ4n) is 5.34. The second-order valence-electron chi connectivity index (χ2n) is 8.60. The van der Waals surface area contributed by atoms with Crippen LogP contribution in [0, 0.1) is 5.92 Å². The summed E-state index contributed by atoms with van der Waals surface area (Å²) in [6.07, 6.45) is 15.1. The minimum absolute atomic E-state index is 0.263. The molecule has 5 heteroatoms. The van der Waals surface area contributed by atoms with Crippen molar-refractivity contribution in [2.45, 2.75) is 69.7 Å². The van der Waals surface area contributed by atoms with E-state index in [1.165, 1.54) is 37.9 Å². The number of carbonyl (C=O) groups excluding carboxylic acids is 1. The van der Waals surface area contributed by atoms with Crippen LogP contribution in [-0.4, -0.2) is 57.5 Å². The number of rotatable bonds is 3. The van der Waals surface area contributed by atoms with Gasteiger partial charge in [0.15, 0.2) is 0 Å². The number of piperidine rings is 2. The Morgan fingerprint density at radius 3 is 2.27 bits per heavy atom. The third-order valence-electron chi connectivity index (χ3n) is 7.00. The lowest BCUT2D eigenvalue weighted by molar-refractivity contribution is -0.138. The smallest absolute Gasteiger partial charge is 0.225 e. The summed E-state index contributed by atoms with van der Waals surface area (Å²) in [5.74, 6) is 2.37. The second kappa shape index (κ2) is 8.12. The van der Waals surface area contributed by atoms with Crippen molar-refractivity contribution >= 4 is 5.91 Å². The first-order chi connectivity index (χ1) is 12.7. The molecule has 2 saturated heterocycles. The van der Waals surface area contributed by atoms with Gasteiger partial charge >= 0.3 is 0 Å². The highest BCUT2D eigenvalue weighted by Gasteiger charge is 2.33. The lowest BCUT2D eigenvalue weighted by Gasteiger charge is -2.40. The molecule has 3 aliphatic rings. The van der Waals surface area contributed by atoms with Crippen LogP contribution in [0.15, 0.2) is 12.4 Å². The van der Waals surface area contributed by atoms with Crippen LogP contribution in [0.2, 0.25) is 0 Å². The molecular weight excluding hydrogens is 324 g/mol. The molecule has 3 heterocycles. The molecule has 144 valence electrons. The van der Waals surface area contributed by atoms with Gasteiger partial charge in [0, 0.05) is 50.4 Å². The van der Waals surface area contributed by atoms with Gasteiger partial charge in [0.1, 0.15) is 5.82 Å². The van der Waals surface area contributed by atoms with Crippen molar-refractivity contribution in [2.75, 3.05) is 26.2 Å². The highest BCUT2D eigenvalue weighted by molar-refractivity contribution is 5.79. The average molecular weight is 359 g/mol. The molecule has 0 bridgehead atoms. The molecule has 1 amide bonds. The Kier molecular flexibility index (Phi) is 5.63. The maximum absolute atomic E-state index is 13.0. The van der Waals surface area contributed by atoms with E-state index in [9.17, 15) is 4.79 Å². The molecule has 0 spiro atoms. The summed E-state index contributed by atoms with van der Waals surface area (Å²) in [5.41, 5.74) is 0. The van der Waals surface area contributed by atoms with Crippen molar-refractivity contribution in [2.24, 2.45) is 13.0 Å². The van der Waals surface area contributed by atoms with E-state index in [4.69, 9.17) is 0 Å². The van der Waals surface area contributed by atoms with Crippen molar-refractivity contribution in [3.05, 3.63) is 18.2 Å². The topological polar surface area (TPSA) is 41.4 Å². The number of amides is 1. The number of carbonyl (C=O) groups is 1. The molecule has 0 radical (unpaired) electrons. The molecule has 5 nitrogen and oxygen atoms in total. The quantitative estimate of drug-likeness (QED) is 0.833. The van der Waals surface area contributed by atoms with Gasteiger partial charge in [0.25, 0.3) is 0 Å². The Balaban J connectivity index is 1.25. The van der Waals surface area contributed by atoms with E-state index in [0.29, 0.717) is 11.8 Å². The van der Waals surface area contributed by atoms with Gasteiger partial charge in [0.2, 0.25) is 5.91 Å². The van der Waals surface area contributed by atoms with Crippen LogP contribution in [0.25, 0.3) is 0 Å². The number of aromatic nitrogens is 2. The van der Waals surface area contributed by atoms with Gasteiger partial charge in [-0.25, -0.2) is 4.98 Å². The standard InChI is InChI=1S/C21H34N4O/c1-23-16-11-22-20(23)17-7-14-25(15-8-17)21(26)18-9-12-24(13-10-18)19-5-3-2-4-6-19/h11,16-19H,2-10,12-15H2,1H3. The van der Waals surface area contributed by atoms with Gasteiger partial charge in [-0.3, -0.25) is 4.79 Å². The maximum Gasteiger partial charge on any atom is 0.225 e. The molecule has 26 heavy (non-hydrogen) atoms. The summed E-state index contributed by atoms with van der Waals surface area (Å²) < 4.78 is 2.13. The Morgan fingerprint density at radius 2 is 1.65 bits per heavy atom. The highest BCUT2D eigenvalue weighted by Crippen LogP contribution is 2.30. The first kappa shape index (κ1) is 18.0. The predicted molar refractivity (Wildman–Crippen MR) is 103 cm³/mol. The molecule has 0 atom stereocenters. The molecule has 1 aromatic rings. The Morgan fingerprint density at radius 1 is 0.962 bits per heavy atom. The number of nitrogens with zero attached hydrogens (tertiary/aromatic N) is 4. The average Bonchev–Trinajstić information content (AvgIpc) is 3.14. The van der Waals surface area contributed by atoms with Gasteiger partial charge in [-0.1, -0.05) is 19.3 Å². The van der Waals surface area contributed by atoms with Gasteiger partial charge in [-0.05, 0) is 51.6 Å². The summed E-state index contributed by atoms with van der Waals surface area (Å²) in [7, 11) is 2.07. The second-order valence-corrected chi connectivity index (χ2v) is 8.60. The number of hydrogen-bond donors (Lipinski definition) is 0. The first-order valence-electron chi connectivity index (χ1n) is 10.7. The Labute approximate surface area is 157 Å². The van der Waals surface area contributed by atoms with Crippen LogP contribution in [0.5, 0.6) is 0 Å². The lowest BCUT2D eigenvalue weighted by Crippen LogP contribution is -2.47. The van der Waals surface area contributed by atoms with Crippen molar-refractivity contribution in [3.63, 3.8) is 0 Å². The SMILES string of the molecule is Cn1ccnc1C1CCN(C(=O)C2CCN(C3CCCCC3)CC2)CC1. The number of aryl methyl sites for hydroxylation is 1. The summed E-state index contributed by atoms with van der Waals surface area (Å²) in [5, 5.41) is 0. The van der Waals surface area contributed by atoms with Crippen LogP contribution < -0.4 is 0 Å². The van der Waals surface area contributed by atoms with E-state index in [0.717, 1.165) is 57.9 Å². The van der Waals surface area contributed by atoms with Gasteiger partial charge in [-0.15, -0.1) is 0 Å². The molecule has 0 N–H and O–H groups in total. The summed E-state index contributed by atoms with van der Waals surface area (Å²) in [4.78, 5) is 22.3. The van der Waals surface area contributed by atoms with Gasteiger partial charge in [-0.2, -0.15) is 0 Å². The van der Waals surface area contributed by atoms with E-state index in [-0.39, 0.29) is 5.92 Å². The maximum atomic E-state index is 13.0. The minimum atomic E-state index is 0.263. The fraction of sp³-hybridized carbons (Fsp3) is 0.810. The van der Waals surface area contributed by atoms with Crippen LogP contribution >= 0.6 is 0 Å².